The first-order valence-electron chi connectivity index (χ1n) is 5.15. The van der Waals surface area contributed by atoms with Crippen LogP contribution in [0.1, 0.15) is 48.5 Å². The zero-order chi connectivity index (χ0) is 11.5. The summed E-state index contributed by atoms with van der Waals surface area (Å²) in [6.07, 6.45) is 3.36. The molecule has 4 heteroatoms. The van der Waals surface area contributed by atoms with Crippen LogP contribution in [0.3, 0.4) is 0 Å². The Morgan fingerprint density at radius 2 is 1.35 bits per heavy atom. The Morgan fingerprint density at radius 1 is 1.06 bits per heavy atom. The van der Waals surface area contributed by atoms with Gasteiger partial charge in [-0.3, -0.25) is 6.08 Å². The summed E-state index contributed by atoms with van der Waals surface area (Å²) < 4.78 is 0. The summed E-state index contributed by atoms with van der Waals surface area (Å²) in [5.41, 5.74) is 10.9. The molecule has 98 valence electrons. The topological polar surface area (TPSA) is 23.8 Å². The van der Waals surface area contributed by atoms with Gasteiger partial charge < -0.3 is 30.5 Å². The Morgan fingerprint density at radius 3 is 1.41 bits per heavy atom. The number of hydrogen-bond donors (Lipinski definition) is 0. The third-order valence-corrected chi connectivity index (χ3v) is 2.24. The fourth-order valence-corrected chi connectivity index (χ4v) is 1.16. The van der Waals surface area contributed by atoms with E-state index in [1.165, 1.54) is 16.7 Å². The Balaban J connectivity index is -0.0000000948. The fraction of sp³-hybridized carbons (Fsp3) is 0.692. The van der Waals surface area contributed by atoms with E-state index in [1.54, 1.807) is 0 Å². The molecule has 17 heavy (non-hydrogen) atoms. The molecule has 0 saturated heterocycles. The summed E-state index contributed by atoms with van der Waals surface area (Å²) in [6.45, 7) is 14.2. The van der Waals surface area contributed by atoms with Crippen LogP contribution in [0.2, 0.25) is 0 Å². The summed E-state index contributed by atoms with van der Waals surface area (Å²) in [5.74, 6) is 0.560. The molecule has 0 amide bonds. The first kappa shape index (κ1) is 26.5. The second-order valence-corrected chi connectivity index (χ2v) is 5.05. The second kappa shape index (κ2) is 10.8. The normalized spacial score (nSPS) is 17.9. The molecule has 0 aliphatic heterocycles. The standard InChI is InChI=1S/C9H13.C4H10N.2ClH.Zr/c1-6-5-7(2)9(4)8(6)3;1-4(2,3)5;;;/h6H,1-4H3;5H,1-3H3;2*1H;/q2*-1;;;+4/p-2. The molecule has 0 heterocycles. The second-order valence-electron chi connectivity index (χ2n) is 5.05. The Hall–Kier alpha value is 0.903. The van der Waals surface area contributed by atoms with E-state index in [0.717, 1.165) is 0 Å². The monoisotopic (exact) mass is 353 g/mol. The van der Waals surface area contributed by atoms with Gasteiger partial charge in [-0.25, -0.2) is 5.57 Å². The molecule has 1 rings (SSSR count). The maximum absolute atomic E-state index is 6.94. The van der Waals surface area contributed by atoms with Gasteiger partial charge in [-0.15, -0.1) is 12.5 Å². The van der Waals surface area contributed by atoms with Gasteiger partial charge in [-0.1, -0.05) is 47.5 Å². The maximum atomic E-state index is 6.94. The van der Waals surface area contributed by atoms with Crippen LogP contribution >= 0.6 is 0 Å². The van der Waals surface area contributed by atoms with Crippen LogP contribution in [0.5, 0.6) is 0 Å². The molecule has 0 radical (unpaired) electrons. The van der Waals surface area contributed by atoms with Crippen LogP contribution in [-0.4, -0.2) is 5.54 Å². The van der Waals surface area contributed by atoms with Crippen LogP contribution in [0.25, 0.3) is 5.73 Å². The van der Waals surface area contributed by atoms with Crippen molar-refractivity contribution in [3.8, 4) is 0 Å². The van der Waals surface area contributed by atoms with Gasteiger partial charge in [-0.05, 0) is 0 Å². The van der Waals surface area contributed by atoms with Crippen LogP contribution in [0.4, 0.5) is 0 Å². The van der Waals surface area contributed by atoms with Gasteiger partial charge in [0.1, 0.15) is 0 Å². The largest absolute Gasteiger partial charge is 4.00 e. The van der Waals surface area contributed by atoms with E-state index in [4.69, 9.17) is 5.73 Å². The van der Waals surface area contributed by atoms with Gasteiger partial charge in [0, 0.05) is 0 Å². The summed E-state index contributed by atoms with van der Waals surface area (Å²) in [7, 11) is 0. The third-order valence-electron chi connectivity index (χ3n) is 2.24. The van der Waals surface area contributed by atoms with Crippen molar-refractivity contribution in [2.45, 2.75) is 54.0 Å². The van der Waals surface area contributed by atoms with E-state index in [-0.39, 0.29) is 56.6 Å². The molecule has 1 aliphatic carbocycles. The number of hydrogen-bond acceptors (Lipinski definition) is 0. The quantitative estimate of drug-likeness (QED) is 0.476. The van der Waals surface area contributed by atoms with E-state index in [1.807, 2.05) is 20.8 Å². The molecule has 0 aromatic heterocycles. The average molecular weight is 355 g/mol. The maximum Gasteiger partial charge on any atom is 4.00 e. The van der Waals surface area contributed by atoms with Crippen molar-refractivity contribution in [1.82, 2.24) is 0 Å². The first-order chi connectivity index (χ1) is 6.13. The third kappa shape index (κ3) is 13.1. The predicted octanol–water partition coefficient (Wildman–Crippen LogP) is -1.44. The predicted molar refractivity (Wildman–Crippen MR) is 64.0 cm³/mol. The van der Waals surface area contributed by atoms with E-state index in [0.29, 0.717) is 5.92 Å². The van der Waals surface area contributed by atoms with E-state index < -0.39 is 0 Å². The van der Waals surface area contributed by atoms with E-state index in [9.17, 15) is 0 Å². The van der Waals surface area contributed by atoms with Crippen molar-refractivity contribution < 1.29 is 51.0 Å². The molecule has 1 N–H and O–H groups in total. The SMILES string of the molecule is CC(C)(C)[NH-].CC1=[C-]C(C)C(C)=C1C.[Cl-].[Cl-].[Zr+4]. The molecule has 1 unspecified atom stereocenters. The molecule has 1 atom stereocenters. The van der Waals surface area contributed by atoms with Crippen molar-refractivity contribution in [3.63, 3.8) is 0 Å². The number of halogens is 2. The van der Waals surface area contributed by atoms with Gasteiger partial charge in [0.2, 0.25) is 0 Å². The fourth-order valence-electron chi connectivity index (χ4n) is 1.16. The van der Waals surface area contributed by atoms with Crippen LogP contribution in [0, 0.1) is 12.0 Å². The number of allylic oxidation sites excluding steroid dienone is 4. The first-order valence-corrected chi connectivity index (χ1v) is 5.15. The Labute approximate surface area is 139 Å². The van der Waals surface area contributed by atoms with Crippen LogP contribution in [0.15, 0.2) is 16.7 Å². The van der Waals surface area contributed by atoms with Gasteiger partial charge in [0.15, 0.2) is 0 Å². The van der Waals surface area contributed by atoms with Gasteiger partial charge >= 0.3 is 26.2 Å². The summed E-state index contributed by atoms with van der Waals surface area (Å²) >= 11 is 0. The molecule has 0 spiro atoms. The van der Waals surface area contributed by atoms with Crippen molar-refractivity contribution in [2.24, 2.45) is 5.92 Å². The van der Waals surface area contributed by atoms with E-state index in [2.05, 4.69) is 33.8 Å². The van der Waals surface area contributed by atoms with Gasteiger partial charge in [0.05, 0.1) is 0 Å². The van der Waals surface area contributed by atoms with Crippen molar-refractivity contribution in [3.05, 3.63) is 28.5 Å². The molecule has 0 fully saturated rings. The summed E-state index contributed by atoms with van der Waals surface area (Å²) in [5, 5.41) is 0. The smallest absolute Gasteiger partial charge is 1.00 e. The average Bonchev–Trinajstić information content (AvgIpc) is 2.14. The molecule has 1 nitrogen and oxygen atoms in total. The van der Waals surface area contributed by atoms with Crippen LogP contribution in [-0.2, 0) is 26.2 Å². The minimum absolute atomic E-state index is 0. The summed E-state index contributed by atoms with van der Waals surface area (Å²) in [4.78, 5) is 0. The minimum Gasteiger partial charge on any atom is -1.00 e. The van der Waals surface area contributed by atoms with Crippen molar-refractivity contribution in [2.75, 3.05) is 0 Å². The zero-order valence-corrected chi connectivity index (χ0v) is 15.8. The number of rotatable bonds is 0. The number of nitrogens with one attached hydrogen (secondary N) is 1. The van der Waals surface area contributed by atoms with Gasteiger partial charge in [-0.2, -0.15) is 11.1 Å². The van der Waals surface area contributed by atoms with E-state index >= 15 is 0 Å². The summed E-state index contributed by atoms with van der Waals surface area (Å²) in [6, 6.07) is 0. The van der Waals surface area contributed by atoms with Crippen LogP contribution < -0.4 is 24.8 Å². The molecular weight excluding hydrogens is 332 g/mol. The van der Waals surface area contributed by atoms with Gasteiger partial charge in [0.25, 0.3) is 0 Å². The molecule has 0 bridgehead atoms. The Kier molecular flexibility index (Phi) is 16.8. The zero-order valence-electron chi connectivity index (χ0n) is 11.8. The van der Waals surface area contributed by atoms with Crippen molar-refractivity contribution >= 4 is 0 Å². The molecule has 0 aromatic carbocycles. The molecule has 0 saturated carbocycles. The molecular formula is C13H23Cl2NZr. The minimum atomic E-state index is -0.250. The molecule has 0 aromatic rings. The Bertz CT molecular complexity index is 259. The van der Waals surface area contributed by atoms with Crippen molar-refractivity contribution in [1.29, 1.82) is 0 Å². The molecule has 1 aliphatic rings.